The summed E-state index contributed by atoms with van der Waals surface area (Å²) in [5, 5.41) is 0. The molecule has 1 aromatic heterocycles. The zero-order chi connectivity index (χ0) is 12.2. The minimum atomic E-state index is -4.24. The van der Waals surface area contributed by atoms with Crippen molar-refractivity contribution in [1.82, 2.24) is 0 Å². The number of carbonyl (C=O) groups is 1. The Hall–Kier alpha value is -1.26. The van der Waals surface area contributed by atoms with Crippen molar-refractivity contribution < 1.29 is 22.4 Å². The average molecular weight is 234 g/mol. The van der Waals surface area contributed by atoms with Crippen molar-refractivity contribution in [3.63, 3.8) is 0 Å². The molecule has 2 nitrogen and oxygen atoms in total. The molecule has 0 aliphatic heterocycles. The van der Waals surface area contributed by atoms with E-state index in [4.69, 9.17) is 4.42 Å². The van der Waals surface area contributed by atoms with Gasteiger partial charge in [0.15, 0.2) is 0 Å². The van der Waals surface area contributed by atoms with Gasteiger partial charge >= 0.3 is 6.18 Å². The fourth-order valence-electron chi connectivity index (χ4n) is 1.53. The van der Waals surface area contributed by atoms with Gasteiger partial charge < -0.3 is 9.21 Å². The Morgan fingerprint density at radius 3 is 2.62 bits per heavy atom. The van der Waals surface area contributed by atoms with Gasteiger partial charge in [0.2, 0.25) is 0 Å². The minimum absolute atomic E-state index is 0.112. The third kappa shape index (κ3) is 4.51. The lowest BCUT2D eigenvalue weighted by atomic mass is 9.95. The lowest BCUT2D eigenvalue weighted by molar-refractivity contribution is -0.140. The molecular weight excluding hydrogens is 221 g/mol. The molecular formula is C11H13F3O2. The Bertz CT molecular complexity index is 327. The van der Waals surface area contributed by atoms with E-state index in [2.05, 4.69) is 0 Å². The maximum absolute atomic E-state index is 12.3. The Balaban J connectivity index is 2.66. The second kappa shape index (κ2) is 5.18. The Labute approximate surface area is 91.4 Å². The van der Waals surface area contributed by atoms with Crippen LogP contribution in [-0.4, -0.2) is 12.0 Å². The molecule has 0 aliphatic carbocycles. The first-order valence-corrected chi connectivity index (χ1v) is 4.98. The minimum Gasteiger partial charge on any atom is -0.469 e. The first-order chi connectivity index (χ1) is 7.38. The fraction of sp³-hybridized carbons (Fsp3) is 0.545. The smallest absolute Gasteiger partial charge is 0.389 e. The summed E-state index contributed by atoms with van der Waals surface area (Å²) in [6.07, 6.45) is -3.54. The predicted molar refractivity (Wildman–Crippen MR) is 52.0 cm³/mol. The van der Waals surface area contributed by atoms with E-state index in [0.29, 0.717) is 5.76 Å². The molecule has 0 bridgehead atoms. The van der Waals surface area contributed by atoms with Crippen molar-refractivity contribution in [1.29, 1.82) is 0 Å². The lowest BCUT2D eigenvalue weighted by Crippen LogP contribution is -2.14. The molecule has 0 spiro atoms. The number of furan rings is 1. The van der Waals surface area contributed by atoms with E-state index in [1.165, 1.54) is 19.3 Å². The quantitative estimate of drug-likeness (QED) is 0.777. The van der Waals surface area contributed by atoms with E-state index in [1.807, 2.05) is 0 Å². The highest BCUT2D eigenvalue weighted by Gasteiger charge is 2.33. The molecule has 90 valence electrons. The van der Waals surface area contributed by atoms with Crippen LogP contribution in [0.2, 0.25) is 0 Å². The summed E-state index contributed by atoms with van der Waals surface area (Å²) in [6, 6.07) is 3.06. The van der Waals surface area contributed by atoms with Gasteiger partial charge in [-0.25, -0.2) is 0 Å². The van der Waals surface area contributed by atoms with Crippen LogP contribution in [0.1, 0.15) is 37.9 Å². The fourth-order valence-corrected chi connectivity index (χ4v) is 1.53. The summed E-state index contributed by atoms with van der Waals surface area (Å²) < 4.78 is 41.8. The van der Waals surface area contributed by atoms with Crippen LogP contribution in [-0.2, 0) is 4.79 Å². The second-order valence-electron chi connectivity index (χ2n) is 3.77. The zero-order valence-electron chi connectivity index (χ0n) is 8.88. The molecule has 16 heavy (non-hydrogen) atoms. The molecule has 0 N–H and O–H groups in total. The highest BCUT2D eigenvalue weighted by molar-refractivity contribution is 5.75. The number of rotatable bonds is 5. The van der Waals surface area contributed by atoms with Crippen LogP contribution in [0, 0.1) is 0 Å². The molecule has 0 radical (unpaired) electrons. The van der Waals surface area contributed by atoms with E-state index in [0.717, 1.165) is 0 Å². The van der Waals surface area contributed by atoms with Gasteiger partial charge in [0, 0.05) is 12.3 Å². The molecule has 0 saturated heterocycles. The number of carbonyl (C=O) groups excluding carboxylic acids is 1. The molecule has 1 aromatic rings. The van der Waals surface area contributed by atoms with Crippen LogP contribution in [0.3, 0.4) is 0 Å². The van der Waals surface area contributed by atoms with Gasteiger partial charge in [-0.05, 0) is 25.5 Å². The van der Waals surface area contributed by atoms with E-state index >= 15 is 0 Å². The third-order valence-corrected chi connectivity index (χ3v) is 2.27. The van der Waals surface area contributed by atoms with Crippen molar-refractivity contribution in [3.05, 3.63) is 24.2 Å². The number of alkyl halides is 3. The van der Waals surface area contributed by atoms with E-state index in [9.17, 15) is 18.0 Å². The molecule has 1 atom stereocenters. The average Bonchev–Trinajstić information content (AvgIpc) is 2.62. The summed E-state index contributed by atoms with van der Waals surface area (Å²) in [7, 11) is 0. The molecule has 1 heterocycles. The molecule has 0 saturated carbocycles. The van der Waals surface area contributed by atoms with Crippen LogP contribution in [0.5, 0.6) is 0 Å². The standard InChI is InChI=1S/C11H13F3O2/c1-8(15)4-5-9(7-11(12,13)14)10-3-2-6-16-10/h2-3,6,9H,4-5,7H2,1H3. The highest BCUT2D eigenvalue weighted by Crippen LogP contribution is 2.34. The van der Waals surface area contributed by atoms with Crippen LogP contribution < -0.4 is 0 Å². The van der Waals surface area contributed by atoms with Crippen LogP contribution >= 0.6 is 0 Å². The normalized spacial score (nSPS) is 13.8. The van der Waals surface area contributed by atoms with Gasteiger partial charge in [-0.3, -0.25) is 0 Å². The molecule has 1 rings (SSSR count). The SMILES string of the molecule is CC(=O)CCC(CC(F)(F)F)c1ccco1. The first kappa shape index (κ1) is 12.8. The van der Waals surface area contributed by atoms with E-state index in [-0.39, 0.29) is 18.6 Å². The first-order valence-electron chi connectivity index (χ1n) is 4.98. The summed E-state index contributed by atoms with van der Waals surface area (Å²) in [5.74, 6) is -0.587. The highest BCUT2D eigenvalue weighted by atomic mass is 19.4. The van der Waals surface area contributed by atoms with E-state index in [1.54, 1.807) is 6.07 Å². The molecule has 0 fully saturated rings. The number of halogens is 3. The summed E-state index contributed by atoms with van der Waals surface area (Å²) in [6.45, 7) is 1.37. The topological polar surface area (TPSA) is 30.2 Å². The van der Waals surface area contributed by atoms with E-state index < -0.39 is 18.5 Å². The summed E-state index contributed by atoms with van der Waals surface area (Å²) in [5.41, 5.74) is 0. The molecule has 5 heteroatoms. The largest absolute Gasteiger partial charge is 0.469 e. The molecule has 0 amide bonds. The van der Waals surface area contributed by atoms with Crippen LogP contribution in [0.4, 0.5) is 13.2 Å². The van der Waals surface area contributed by atoms with Crippen molar-refractivity contribution in [2.24, 2.45) is 0 Å². The maximum atomic E-state index is 12.3. The third-order valence-electron chi connectivity index (χ3n) is 2.27. The summed E-state index contributed by atoms with van der Waals surface area (Å²) >= 11 is 0. The predicted octanol–water partition coefficient (Wildman–Crippen LogP) is 3.68. The van der Waals surface area contributed by atoms with Gasteiger partial charge in [0.1, 0.15) is 11.5 Å². The second-order valence-corrected chi connectivity index (χ2v) is 3.77. The van der Waals surface area contributed by atoms with Gasteiger partial charge in [0.25, 0.3) is 0 Å². The van der Waals surface area contributed by atoms with Gasteiger partial charge in [-0.2, -0.15) is 13.2 Å². The van der Waals surface area contributed by atoms with Crippen molar-refractivity contribution in [2.75, 3.05) is 0 Å². The number of Topliss-reactive ketones (excluding diaryl/α,β-unsaturated/α-hetero) is 1. The molecule has 1 unspecified atom stereocenters. The molecule has 0 aromatic carbocycles. The maximum Gasteiger partial charge on any atom is 0.389 e. The van der Waals surface area contributed by atoms with Crippen LogP contribution in [0.15, 0.2) is 22.8 Å². The number of ketones is 1. The Morgan fingerprint density at radius 2 is 2.19 bits per heavy atom. The monoisotopic (exact) mass is 234 g/mol. The van der Waals surface area contributed by atoms with Crippen molar-refractivity contribution >= 4 is 5.78 Å². The van der Waals surface area contributed by atoms with Gasteiger partial charge in [0.05, 0.1) is 12.7 Å². The summed E-state index contributed by atoms with van der Waals surface area (Å²) in [4.78, 5) is 10.8. The van der Waals surface area contributed by atoms with Crippen LogP contribution in [0.25, 0.3) is 0 Å². The Kier molecular flexibility index (Phi) is 4.15. The lowest BCUT2D eigenvalue weighted by Gasteiger charge is -2.15. The zero-order valence-corrected chi connectivity index (χ0v) is 8.88. The Morgan fingerprint density at radius 1 is 1.50 bits per heavy atom. The van der Waals surface area contributed by atoms with Gasteiger partial charge in [-0.1, -0.05) is 0 Å². The number of hydrogen-bond acceptors (Lipinski definition) is 2. The number of hydrogen-bond donors (Lipinski definition) is 0. The molecule has 0 aliphatic rings. The van der Waals surface area contributed by atoms with Gasteiger partial charge in [-0.15, -0.1) is 0 Å². The van der Waals surface area contributed by atoms with Crippen molar-refractivity contribution in [3.8, 4) is 0 Å². The van der Waals surface area contributed by atoms with Crippen molar-refractivity contribution in [2.45, 2.75) is 38.3 Å².